The number of esters is 1. The first kappa shape index (κ1) is 26.6. The van der Waals surface area contributed by atoms with Gasteiger partial charge in [0, 0.05) is 18.8 Å². The summed E-state index contributed by atoms with van der Waals surface area (Å²) in [6.45, 7) is 15.2. The zero-order valence-electron chi connectivity index (χ0n) is 24.6. The van der Waals surface area contributed by atoms with Crippen LogP contribution in [0.2, 0.25) is 0 Å². The second-order valence-corrected chi connectivity index (χ2v) is 15.3. The molecule has 2 saturated heterocycles. The second-order valence-electron chi connectivity index (χ2n) is 15.3. The van der Waals surface area contributed by atoms with Crippen LogP contribution in [0.25, 0.3) is 0 Å². The third-order valence-corrected chi connectivity index (χ3v) is 13.4. The Labute approximate surface area is 226 Å². The molecule has 0 aromatic heterocycles. The molecule has 0 amide bonds. The largest absolute Gasteiger partial charge is 0.462 e. The zero-order chi connectivity index (χ0) is 26.2. The topological polar surface area (TPSA) is 44.8 Å². The molecular weight excluding hydrogens is 460 g/mol. The minimum absolute atomic E-state index is 0.0332. The van der Waals surface area contributed by atoms with Gasteiger partial charge in [-0.15, -0.1) is 0 Å². The summed E-state index contributed by atoms with van der Waals surface area (Å²) in [7, 11) is 0. The first-order valence-electron chi connectivity index (χ1n) is 16.1. The van der Waals surface area contributed by atoms with Crippen molar-refractivity contribution in [3.8, 4) is 0 Å². The van der Waals surface area contributed by atoms with Gasteiger partial charge in [0.25, 0.3) is 0 Å². The Morgan fingerprint density at radius 3 is 2.49 bits per heavy atom. The van der Waals surface area contributed by atoms with Gasteiger partial charge in [-0.1, -0.05) is 48.0 Å². The van der Waals surface area contributed by atoms with E-state index in [1.807, 2.05) is 0 Å². The molecule has 4 heteroatoms. The number of hydrogen-bond donors (Lipinski definition) is 0. The molecule has 0 aromatic carbocycles. The highest BCUT2D eigenvalue weighted by molar-refractivity contribution is 5.69. The summed E-state index contributed by atoms with van der Waals surface area (Å²) in [6, 6.07) is 0. The molecule has 2 heterocycles. The first-order chi connectivity index (χ1) is 17.6. The maximum Gasteiger partial charge on any atom is 0.306 e. The fraction of sp³-hybridized carbons (Fsp3) is 0.970. The Balaban J connectivity index is 1.13. The summed E-state index contributed by atoms with van der Waals surface area (Å²) >= 11 is 0. The summed E-state index contributed by atoms with van der Waals surface area (Å²) in [5.41, 5.74) is 0.810. The van der Waals surface area contributed by atoms with Crippen LogP contribution in [0.5, 0.6) is 0 Å². The van der Waals surface area contributed by atoms with E-state index in [0.717, 1.165) is 50.0 Å². The smallest absolute Gasteiger partial charge is 0.306 e. The van der Waals surface area contributed by atoms with Crippen LogP contribution >= 0.6 is 0 Å². The zero-order valence-corrected chi connectivity index (χ0v) is 24.6. The predicted octanol–water partition coefficient (Wildman–Crippen LogP) is 7.78. The number of ether oxygens (including phenoxy) is 3. The van der Waals surface area contributed by atoms with Crippen LogP contribution in [0.4, 0.5) is 0 Å². The monoisotopic (exact) mass is 514 g/mol. The lowest BCUT2D eigenvalue weighted by Crippen LogP contribution is -2.55. The minimum Gasteiger partial charge on any atom is -0.462 e. The third kappa shape index (κ3) is 4.16. The van der Waals surface area contributed by atoms with Gasteiger partial charge in [-0.05, 0) is 110 Å². The summed E-state index contributed by atoms with van der Waals surface area (Å²) in [6.07, 6.45) is 14.6. The van der Waals surface area contributed by atoms with E-state index in [1.54, 1.807) is 0 Å². The Morgan fingerprint density at radius 1 is 0.973 bits per heavy atom. The Bertz CT molecular complexity index is 862. The van der Waals surface area contributed by atoms with E-state index in [-0.39, 0.29) is 17.9 Å². The molecule has 37 heavy (non-hydrogen) atoms. The molecule has 210 valence electrons. The van der Waals surface area contributed by atoms with Crippen LogP contribution in [-0.4, -0.2) is 30.6 Å². The highest BCUT2D eigenvalue weighted by atomic mass is 16.7. The summed E-state index contributed by atoms with van der Waals surface area (Å²) in [5, 5.41) is 0. The molecule has 6 rings (SSSR count). The van der Waals surface area contributed by atoms with Crippen molar-refractivity contribution in [2.45, 2.75) is 137 Å². The van der Waals surface area contributed by atoms with E-state index in [2.05, 4.69) is 41.5 Å². The predicted molar refractivity (Wildman–Crippen MR) is 146 cm³/mol. The van der Waals surface area contributed by atoms with Crippen LogP contribution in [0.3, 0.4) is 0 Å². The van der Waals surface area contributed by atoms with Crippen LogP contribution in [-0.2, 0) is 19.0 Å². The molecular formula is C33H54O4. The van der Waals surface area contributed by atoms with Crippen LogP contribution in [0.1, 0.15) is 119 Å². The SMILES string of the molecule is CC[C@H](C)CC(=O)O[C@@H]1CC[C@@]2(C)[C@@H](CC[C@@H]3[C@H]2CC[C@]2(C)[C@@H]4[C@H](C[C@H]32)O[C@@]2(CC[C@@H](C)CO2)[C@H]4C)C1. The maximum atomic E-state index is 12.5. The molecule has 0 unspecified atom stereocenters. The Kier molecular flexibility index (Phi) is 6.83. The number of fused-ring (bicyclic) bond motifs is 7. The Morgan fingerprint density at radius 2 is 1.76 bits per heavy atom. The number of hydrogen-bond acceptors (Lipinski definition) is 4. The van der Waals surface area contributed by atoms with E-state index >= 15 is 0 Å². The summed E-state index contributed by atoms with van der Waals surface area (Å²) in [4.78, 5) is 12.5. The van der Waals surface area contributed by atoms with Crippen LogP contribution < -0.4 is 0 Å². The van der Waals surface area contributed by atoms with E-state index in [9.17, 15) is 4.79 Å². The molecule has 13 atom stereocenters. The second kappa shape index (κ2) is 9.50. The van der Waals surface area contributed by atoms with Crippen LogP contribution in [0, 0.1) is 58.2 Å². The molecule has 6 fully saturated rings. The molecule has 0 aromatic rings. The van der Waals surface area contributed by atoms with E-state index in [1.165, 1.54) is 44.9 Å². The summed E-state index contributed by atoms with van der Waals surface area (Å²) < 4.78 is 19.5. The number of rotatable bonds is 4. The average Bonchev–Trinajstić information content (AvgIpc) is 3.31. The molecule has 6 aliphatic rings. The van der Waals surface area contributed by atoms with Crippen molar-refractivity contribution in [1.82, 2.24) is 0 Å². The summed E-state index contributed by atoms with van der Waals surface area (Å²) in [5.74, 6) is 5.15. The van der Waals surface area contributed by atoms with Gasteiger partial charge < -0.3 is 14.2 Å². The highest BCUT2D eigenvalue weighted by Gasteiger charge is 2.69. The fourth-order valence-corrected chi connectivity index (χ4v) is 11.0. The van der Waals surface area contributed by atoms with Gasteiger partial charge in [-0.3, -0.25) is 4.79 Å². The first-order valence-corrected chi connectivity index (χ1v) is 16.1. The quantitative estimate of drug-likeness (QED) is 0.359. The van der Waals surface area contributed by atoms with Gasteiger partial charge >= 0.3 is 5.97 Å². The van der Waals surface area contributed by atoms with Gasteiger partial charge in [-0.2, -0.15) is 0 Å². The molecule has 0 radical (unpaired) electrons. The van der Waals surface area contributed by atoms with Gasteiger partial charge in [-0.25, -0.2) is 0 Å². The molecule has 0 bridgehead atoms. The van der Waals surface area contributed by atoms with Gasteiger partial charge in [0.2, 0.25) is 0 Å². The van der Waals surface area contributed by atoms with E-state index in [0.29, 0.717) is 52.9 Å². The molecule has 4 nitrogen and oxygen atoms in total. The van der Waals surface area contributed by atoms with Crippen molar-refractivity contribution in [1.29, 1.82) is 0 Å². The lowest BCUT2D eigenvalue weighted by atomic mass is 9.44. The van der Waals surface area contributed by atoms with Crippen molar-refractivity contribution in [3.05, 3.63) is 0 Å². The molecule has 4 aliphatic carbocycles. The van der Waals surface area contributed by atoms with E-state index in [4.69, 9.17) is 14.2 Å². The standard InChI is InChI=1S/C33H54O4/c1-7-20(2)16-29(34)36-24-11-13-31(5)23(17-24)8-9-25-26(31)12-14-32(6)27(25)18-28-30(32)22(4)33(37-28)15-10-21(3)19-35-33/h20-28,30H,7-19H2,1-6H3/t20-,21+,22-,23-,24+,25+,26+,27+,28-,30-,31-,32-,33-/m0/s1. The van der Waals surface area contributed by atoms with Crippen molar-refractivity contribution in [2.75, 3.05) is 6.61 Å². The lowest BCUT2D eigenvalue weighted by Gasteiger charge is -2.61. The molecule has 2 aliphatic heterocycles. The third-order valence-electron chi connectivity index (χ3n) is 13.4. The fourth-order valence-electron chi connectivity index (χ4n) is 11.0. The molecule has 0 N–H and O–H groups in total. The maximum absolute atomic E-state index is 12.5. The van der Waals surface area contributed by atoms with Gasteiger partial charge in [0.15, 0.2) is 5.79 Å². The van der Waals surface area contributed by atoms with Crippen molar-refractivity contribution in [2.24, 2.45) is 58.2 Å². The number of carbonyl (C=O) groups is 1. The highest BCUT2D eigenvalue weighted by Crippen LogP contribution is 2.71. The molecule has 4 saturated carbocycles. The van der Waals surface area contributed by atoms with Gasteiger partial charge in [0.1, 0.15) is 6.10 Å². The van der Waals surface area contributed by atoms with Crippen molar-refractivity contribution < 1.29 is 19.0 Å². The van der Waals surface area contributed by atoms with E-state index < -0.39 is 0 Å². The van der Waals surface area contributed by atoms with Gasteiger partial charge in [0.05, 0.1) is 12.7 Å². The van der Waals surface area contributed by atoms with Crippen LogP contribution in [0.15, 0.2) is 0 Å². The minimum atomic E-state index is -0.305. The average molecular weight is 515 g/mol. The van der Waals surface area contributed by atoms with Crippen molar-refractivity contribution in [3.63, 3.8) is 0 Å². The Hall–Kier alpha value is -0.610. The lowest BCUT2D eigenvalue weighted by molar-refractivity contribution is -0.273. The molecule has 1 spiro atoms. The normalized spacial score (nSPS) is 53.6. The number of carbonyl (C=O) groups excluding carboxylic acids is 1. The van der Waals surface area contributed by atoms with Crippen molar-refractivity contribution >= 4 is 5.97 Å².